The van der Waals surface area contributed by atoms with E-state index in [-0.39, 0.29) is 0 Å². The maximum Gasteiger partial charge on any atom is -0.00715 e. The van der Waals surface area contributed by atoms with E-state index in [1.54, 1.807) is 0 Å². The van der Waals surface area contributed by atoms with Crippen LogP contribution in [-0.2, 0) is 6.42 Å². The Balaban J connectivity index is 2.93. The number of hydrogen-bond donors (Lipinski definition) is 1. The molecule has 78 valence electrons. The maximum atomic E-state index is 5.59. The highest BCUT2D eigenvalue weighted by atomic mass is 14.5. The molecule has 1 aromatic carbocycles. The number of benzene rings is 1. The maximum absolute atomic E-state index is 5.59. The number of hydrogen-bond acceptors (Lipinski definition) is 1. The minimum Gasteiger partial charge on any atom is -0.330 e. The summed E-state index contributed by atoms with van der Waals surface area (Å²) >= 11 is 0. The minimum absolute atomic E-state index is 0.589. The van der Waals surface area contributed by atoms with Gasteiger partial charge in [-0.3, -0.25) is 0 Å². The Bertz CT molecular complexity index is 291. The van der Waals surface area contributed by atoms with Gasteiger partial charge in [0.25, 0.3) is 0 Å². The average Bonchev–Trinajstić information content (AvgIpc) is 2.19. The van der Waals surface area contributed by atoms with E-state index >= 15 is 0 Å². The molecule has 1 nitrogen and oxygen atoms in total. The van der Waals surface area contributed by atoms with Gasteiger partial charge < -0.3 is 5.73 Å². The zero-order valence-electron chi connectivity index (χ0n) is 9.51. The van der Waals surface area contributed by atoms with Crippen LogP contribution in [0.3, 0.4) is 0 Å². The van der Waals surface area contributed by atoms with Crippen molar-refractivity contribution in [1.82, 2.24) is 0 Å². The summed E-state index contributed by atoms with van der Waals surface area (Å²) in [6.07, 6.45) is 2.19. The predicted molar refractivity (Wildman–Crippen MR) is 62.6 cm³/mol. The first-order valence-electron chi connectivity index (χ1n) is 5.48. The van der Waals surface area contributed by atoms with Crippen molar-refractivity contribution >= 4 is 0 Å². The summed E-state index contributed by atoms with van der Waals surface area (Å²) in [5, 5.41) is 0. The van der Waals surface area contributed by atoms with Gasteiger partial charge in [0.2, 0.25) is 0 Å². The van der Waals surface area contributed by atoms with E-state index in [0.29, 0.717) is 5.92 Å². The second-order valence-corrected chi connectivity index (χ2v) is 4.02. The highest BCUT2D eigenvalue weighted by Crippen LogP contribution is 2.23. The van der Waals surface area contributed by atoms with Gasteiger partial charge in [-0.2, -0.15) is 0 Å². The van der Waals surface area contributed by atoms with Crippen LogP contribution in [0.5, 0.6) is 0 Å². The van der Waals surface area contributed by atoms with Gasteiger partial charge in [0.05, 0.1) is 0 Å². The average molecular weight is 191 g/mol. The molecule has 0 saturated carbocycles. The Morgan fingerprint density at radius 1 is 1.36 bits per heavy atom. The first-order chi connectivity index (χ1) is 6.69. The molecule has 0 amide bonds. The zero-order chi connectivity index (χ0) is 10.6. The lowest BCUT2D eigenvalue weighted by Gasteiger charge is -2.14. The first-order valence-corrected chi connectivity index (χ1v) is 5.48. The van der Waals surface area contributed by atoms with Crippen LogP contribution in [0.2, 0.25) is 0 Å². The van der Waals surface area contributed by atoms with E-state index in [0.717, 1.165) is 19.4 Å². The molecule has 1 aromatic rings. The largest absolute Gasteiger partial charge is 0.330 e. The molecule has 0 aliphatic rings. The summed E-state index contributed by atoms with van der Waals surface area (Å²) < 4.78 is 0. The van der Waals surface area contributed by atoms with Gasteiger partial charge in [-0.25, -0.2) is 0 Å². The Kier molecular flexibility index (Phi) is 4.15. The SMILES string of the molecule is CCc1ccc(C)c(C(C)CCN)c1. The number of nitrogens with two attached hydrogens (primary N) is 1. The van der Waals surface area contributed by atoms with Crippen LogP contribution in [0.1, 0.15) is 42.9 Å². The Hall–Kier alpha value is -0.820. The number of aryl methyl sites for hydroxylation is 2. The van der Waals surface area contributed by atoms with Crippen LogP contribution in [0, 0.1) is 6.92 Å². The minimum atomic E-state index is 0.589. The molecule has 1 rings (SSSR count). The third-order valence-electron chi connectivity index (χ3n) is 2.88. The summed E-state index contributed by atoms with van der Waals surface area (Å²) in [4.78, 5) is 0. The van der Waals surface area contributed by atoms with E-state index in [9.17, 15) is 0 Å². The Morgan fingerprint density at radius 2 is 2.07 bits per heavy atom. The molecule has 0 fully saturated rings. The van der Waals surface area contributed by atoms with Crippen molar-refractivity contribution in [2.75, 3.05) is 6.54 Å². The predicted octanol–water partition coefficient (Wildman–Crippen LogP) is 3.01. The standard InChI is InChI=1S/C13H21N/c1-4-12-6-5-10(2)13(9-12)11(3)7-8-14/h5-6,9,11H,4,7-8,14H2,1-3H3. The summed E-state index contributed by atoms with van der Waals surface area (Å²) in [5.41, 5.74) is 9.87. The monoisotopic (exact) mass is 191 g/mol. The fourth-order valence-electron chi connectivity index (χ4n) is 1.85. The summed E-state index contributed by atoms with van der Waals surface area (Å²) in [6.45, 7) is 7.41. The van der Waals surface area contributed by atoms with E-state index in [1.807, 2.05) is 0 Å². The molecule has 0 heterocycles. The summed E-state index contributed by atoms with van der Waals surface area (Å²) in [6, 6.07) is 6.77. The molecule has 0 aliphatic carbocycles. The van der Waals surface area contributed by atoms with Crippen LogP contribution in [0.25, 0.3) is 0 Å². The van der Waals surface area contributed by atoms with Crippen molar-refractivity contribution in [3.05, 3.63) is 34.9 Å². The highest BCUT2D eigenvalue weighted by Gasteiger charge is 2.07. The summed E-state index contributed by atoms with van der Waals surface area (Å²) in [5.74, 6) is 0.589. The Morgan fingerprint density at radius 3 is 2.64 bits per heavy atom. The first kappa shape index (κ1) is 11.3. The zero-order valence-corrected chi connectivity index (χ0v) is 9.51. The van der Waals surface area contributed by atoms with Gasteiger partial charge in [-0.15, -0.1) is 0 Å². The van der Waals surface area contributed by atoms with E-state index in [4.69, 9.17) is 5.73 Å². The molecule has 0 saturated heterocycles. The molecule has 1 unspecified atom stereocenters. The van der Waals surface area contributed by atoms with Gasteiger partial charge in [-0.1, -0.05) is 32.0 Å². The molecule has 0 radical (unpaired) electrons. The van der Waals surface area contributed by atoms with Crippen LogP contribution in [0.4, 0.5) is 0 Å². The second kappa shape index (κ2) is 5.16. The quantitative estimate of drug-likeness (QED) is 0.778. The van der Waals surface area contributed by atoms with Crippen molar-refractivity contribution in [3.8, 4) is 0 Å². The van der Waals surface area contributed by atoms with Crippen molar-refractivity contribution < 1.29 is 0 Å². The smallest absolute Gasteiger partial charge is 0.00715 e. The molecule has 14 heavy (non-hydrogen) atoms. The summed E-state index contributed by atoms with van der Waals surface area (Å²) in [7, 11) is 0. The number of rotatable bonds is 4. The van der Waals surface area contributed by atoms with E-state index < -0.39 is 0 Å². The van der Waals surface area contributed by atoms with Crippen molar-refractivity contribution in [3.63, 3.8) is 0 Å². The van der Waals surface area contributed by atoms with Crippen LogP contribution < -0.4 is 5.73 Å². The van der Waals surface area contributed by atoms with Crippen molar-refractivity contribution in [2.45, 2.75) is 39.5 Å². The van der Waals surface area contributed by atoms with Crippen LogP contribution in [-0.4, -0.2) is 6.54 Å². The third-order valence-corrected chi connectivity index (χ3v) is 2.88. The van der Waals surface area contributed by atoms with E-state index in [2.05, 4.69) is 39.0 Å². The second-order valence-electron chi connectivity index (χ2n) is 4.02. The van der Waals surface area contributed by atoms with E-state index in [1.165, 1.54) is 16.7 Å². The van der Waals surface area contributed by atoms with Gasteiger partial charge in [-0.05, 0) is 48.9 Å². The molecule has 0 aromatic heterocycles. The molecule has 1 heteroatoms. The molecule has 0 aliphatic heterocycles. The Labute approximate surface area is 87.3 Å². The fourth-order valence-corrected chi connectivity index (χ4v) is 1.85. The lowest BCUT2D eigenvalue weighted by molar-refractivity contribution is 0.685. The van der Waals surface area contributed by atoms with Gasteiger partial charge in [0.1, 0.15) is 0 Å². The topological polar surface area (TPSA) is 26.0 Å². The third kappa shape index (κ3) is 2.58. The van der Waals surface area contributed by atoms with Crippen molar-refractivity contribution in [2.24, 2.45) is 5.73 Å². The molecule has 2 N–H and O–H groups in total. The van der Waals surface area contributed by atoms with Gasteiger partial charge in [0, 0.05) is 0 Å². The highest BCUT2D eigenvalue weighted by molar-refractivity contribution is 5.33. The molecular weight excluding hydrogens is 170 g/mol. The van der Waals surface area contributed by atoms with Gasteiger partial charge in [0.15, 0.2) is 0 Å². The molecular formula is C13H21N. The normalized spacial score (nSPS) is 12.9. The molecule has 0 bridgehead atoms. The van der Waals surface area contributed by atoms with Gasteiger partial charge >= 0.3 is 0 Å². The van der Waals surface area contributed by atoms with Crippen LogP contribution >= 0.6 is 0 Å². The fraction of sp³-hybridized carbons (Fsp3) is 0.538. The lowest BCUT2D eigenvalue weighted by Crippen LogP contribution is -2.06. The van der Waals surface area contributed by atoms with Crippen LogP contribution in [0.15, 0.2) is 18.2 Å². The van der Waals surface area contributed by atoms with Crippen molar-refractivity contribution in [1.29, 1.82) is 0 Å². The lowest BCUT2D eigenvalue weighted by atomic mass is 9.92. The molecule has 1 atom stereocenters. The molecule has 0 spiro atoms.